The van der Waals surface area contributed by atoms with Crippen LogP contribution in [0.3, 0.4) is 0 Å². The van der Waals surface area contributed by atoms with E-state index in [1.807, 2.05) is 24.3 Å². The van der Waals surface area contributed by atoms with E-state index in [0.29, 0.717) is 10.8 Å². The van der Waals surface area contributed by atoms with Crippen LogP contribution in [-0.2, 0) is 5.41 Å². The lowest BCUT2D eigenvalue weighted by atomic mass is 9.68. The molecule has 0 saturated carbocycles. The zero-order valence-corrected chi connectivity index (χ0v) is 13.3. The molecule has 0 saturated heterocycles. The molecular weight excluding hydrogens is 282 g/mol. The summed E-state index contributed by atoms with van der Waals surface area (Å²) in [4.78, 5) is 4.14. The molecule has 1 heterocycles. The van der Waals surface area contributed by atoms with E-state index in [4.69, 9.17) is 23.1 Å². The molecule has 1 unspecified atom stereocenters. The van der Waals surface area contributed by atoms with Gasteiger partial charge >= 0.3 is 0 Å². The van der Waals surface area contributed by atoms with Crippen molar-refractivity contribution in [2.45, 2.75) is 38.1 Å². The van der Waals surface area contributed by atoms with E-state index in [0.717, 1.165) is 18.4 Å². The second-order valence-electron chi connectivity index (χ2n) is 5.33. The van der Waals surface area contributed by atoms with Gasteiger partial charge < -0.3 is 11.5 Å². The highest BCUT2D eigenvalue weighted by atomic mass is 35.5. The van der Waals surface area contributed by atoms with Gasteiger partial charge in [0.2, 0.25) is 0 Å². The van der Waals surface area contributed by atoms with Gasteiger partial charge in [-0.2, -0.15) is 0 Å². The fourth-order valence-corrected chi connectivity index (χ4v) is 3.23. The van der Waals surface area contributed by atoms with E-state index < -0.39 is 0 Å². The van der Waals surface area contributed by atoms with E-state index in [9.17, 15) is 0 Å². The van der Waals surface area contributed by atoms with Gasteiger partial charge in [0.15, 0.2) is 0 Å². The summed E-state index contributed by atoms with van der Waals surface area (Å²) in [6.07, 6.45) is 3.39. The normalized spacial score (nSPS) is 13.1. The highest BCUT2D eigenvalue weighted by molar-refractivity contribution is 6.30. The Hall–Kier alpha value is -1.58. The van der Waals surface area contributed by atoms with E-state index >= 15 is 0 Å². The molecule has 4 heteroatoms. The maximum absolute atomic E-state index is 6.62. The van der Waals surface area contributed by atoms with Gasteiger partial charge in [0, 0.05) is 23.2 Å². The Kier molecular flexibility index (Phi) is 4.86. The van der Waals surface area contributed by atoms with Crippen molar-refractivity contribution >= 4 is 17.4 Å². The average Bonchev–Trinajstić information content (AvgIpc) is 2.52. The summed E-state index contributed by atoms with van der Waals surface area (Å²) in [7, 11) is 0. The van der Waals surface area contributed by atoms with Gasteiger partial charge in [-0.25, -0.2) is 4.98 Å². The first kappa shape index (κ1) is 15.8. The minimum absolute atomic E-state index is 0.179. The number of anilines is 1. The molecular formula is C17H22ClN3. The molecule has 112 valence electrons. The van der Waals surface area contributed by atoms with Crippen LogP contribution in [-0.4, -0.2) is 4.98 Å². The van der Waals surface area contributed by atoms with Gasteiger partial charge in [0.05, 0.1) is 5.02 Å². The standard InChI is InChI=1S/C17H22ClN3/c1-3-17(4-2,12-8-6-5-7-9-12)15(19)14-10-13(18)11-21-16(14)20/h5-11,15H,3-4,19H2,1-2H3,(H2,20,21). The summed E-state index contributed by atoms with van der Waals surface area (Å²) in [6, 6.07) is 11.9. The van der Waals surface area contributed by atoms with Crippen LogP contribution in [0.2, 0.25) is 5.02 Å². The van der Waals surface area contributed by atoms with Crippen molar-refractivity contribution in [2.75, 3.05) is 5.73 Å². The molecule has 3 nitrogen and oxygen atoms in total. The van der Waals surface area contributed by atoms with Crippen molar-refractivity contribution in [2.24, 2.45) is 5.73 Å². The SMILES string of the molecule is CCC(CC)(c1ccccc1)C(N)c1cc(Cl)cnc1N. The molecule has 0 fully saturated rings. The molecule has 0 amide bonds. The van der Waals surface area contributed by atoms with Crippen molar-refractivity contribution in [3.05, 3.63) is 58.7 Å². The third kappa shape index (κ3) is 2.89. The molecule has 1 aromatic carbocycles. The molecule has 0 aliphatic carbocycles. The Bertz CT molecular complexity index is 594. The van der Waals surface area contributed by atoms with Gasteiger partial charge in [-0.15, -0.1) is 0 Å². The van der Waals surface area contributed by atoms with Crippen LogP contribution in [0.15, 0.2) is 42.6 Å². The predicted octanol–water partition coefficient (Wildman–Crippen LogP) is 4.08. The third-order valence-corrected chi connectivity index (χ3v) is 4.66. The van der Waals surface area contributed by atoms with Crippen LogP contribution in [0.4, 0.5) is 5.82 Å². The maximum atomic E-state index is 6.62. The first-order valence-corrected chi connectivity index (χ1v) is 7.65. The molecule has 1 aromatic heterocycles. The van der Waals surface area contributed by atoms with Gasteiger partial charge in [-0.05, 0) is 24.5 Å². The molecule has 0 aliphatic heterocycles. The number of halogens is 1. The molecule has 0 bridgehead atoms. The zero-order chi connectivity index (χ0) is 15.5. The molecule has 21 heavy (non-hydrogen) atoms. The number of benzene rings is 1. The van der Waals surface area contributed by atoms with E-state index in [1.165, 1.54) is 5.56 Å². The molecule has 2 aromatic rings. The summed E-state index contributed by atoms with van der Waals surface area (Å²) < 4.78 is 0. The Balaban J connectivity index is 2.54. The summed E-state index contributed by atoms with van der Waals surface area (Å²) in [6.45, 7) is 4.31. The van der Waals surface area contributed by atoms with E-state index in [-0.39, 0.29) is 11.5 Å². The molecule has 0 radical (unpaired) electrons. The first-order valence-electron chi connectivity index (χ1n) is 7.27. The lowest BCUT2D eigenvalue weighted by molar-refractivity contribution is 0.322. The number of nitrogen functional groups attached to an aromatic ring is 1. The fraction of sp³-hybridized carbons (Fsp3) is 0.353. The highest BCUT2D eigenvalue weighted by Gasteiger charge is 2.37. The van der Waals surface area contributed by atoms with Crippen LogP contribution in [0.25, 0.3) is 0 Å². The first-order chi connectivity index (χ1) is 10.0. The lowest BCUT2D eigenvalue weighted by Gasteiger charge is -2.38. The summed E-state index contributed by atoms with van der Waals surface area (Å²) in [5, 5.41) is 0.559. The van der Waals surface area contributed by atoms with Gasteiger partial charge in [0.25, 0.3) is 0 Å². The highest BCUT2D eigenvalue weighted by Crippen LogP contribution is 2.43. The number of pyridine rings is 1. The van der Waals surface area contributed by atoms with Crippen LogP contribution in [0.1, 0.15) is 43.9 Å². The summed E-state index contributed by atoms with van der Waals surface area (Å²) in [5.41, 5.74) is 14.5. The number of nitrogens with two attached hydrogens (primary N) is 2. The second-order valence-corrected chi connectivity index (χ2v) is 5.77. The molecule has 0 spiro atoms. The Morgan fingerprint density at radius 1 is 1.19 bits per heavy atom. The maximum Gasteiger partial charge on any atom is 0.128 e. The topological polar surface area (TPSA) is 64.9 Å². The minimum Gasteiger partial charge on any atom is -0.383 e. The molecule has 2 rings (SSSR count). The van der Waals surface area contributed by atoms with Crippen LogP contribution in [0, 0.1) is 0 Å². The fourth-order valence-electron chi connectivity index (χ4n) is 3.06. The predicted molar refractivity (Wildman–Crippen MR) is 89.3 cm³/mol. The number of hydrogen-bond donors (Lipinski definition) is 2. The number of rotatable bonds is 5. The molecule has 0 aliphatic rings. The van der Waals surface area contributed by atoms with Crippen LogP contribution >= 0.6 is 11.6 Å². The number of aromatic nitrogens is 1. The zero-order valence-electron chi connectivity index (χ0n) is 12.5. The molecule has 4 N–H and O–H groups in total. The lowest BCUT2D eigenvalue weighted by Crippen LogP contribution is -2.38. The second kappa shape index (κ2) is 6.46. The Morgan fingerprint density at radius 2 is 1.81 bits per heavy atom. The van der Waals surface area contributed by atoms with Crippen molar-refractivity contribution in [3.63, 3.8) is 0 Å². The van der Waals surface area contributed by atoms with Crippen LogP contribution < -0.4 is 11.5 Å². The Morgan fingerprint density at radius 3 is 2.38 bits per heavy atom. The Labute approximate surface area is 131 Å². The summed E-state index contributed by atoms with van der Waals surface area (Å²) in [5.74, 6) is 0.453. The van der Waals surface area contributed by atoms with Crippen LogP contribution in [0.5, 0.6) is 0 Å². The van der Waals surface area contributed by atoms with Crippen molar-refractivity contribution in [3.8, 4) is 0 Å². The smallest absolute Gasteiger partial charge is 0.128 e. The van der Waals surface area contributed by atoms with Crippen molar-refractivity contribution in [1.82, 2.24) is 4.98 Å². The molecule has 1 atom stereocenters. The minimum atomic E-state index is -0.249. The van der Waals surface area contributed by atoms with E-state index in [1.54, 1.807) is 6.20 Å². The van der Waals surface area contributed by atoms with Gasteiger partial charge in [-0.1, -0.05) is 55.8 Å². The average molecular weight is 304 g/mol. The monoisotopic (exact) mass is 303 g/mol. The largest absolute Gasteiger partial charge is 0.383 e. The number of hydrogen-bond acceptors (Lipinski definition) is 3. The number of nitrogens with zero attached hydrogens (tertiary/aromatic N) is 1. The summed E-state index contributed by atoms with van der Waals surface area (Å²) >= 11 is 6.07. The quantitative estimate of drug-likeness (QED) is 0.875. The third-order valence-electron chi connectivity index (χ3n) is 4.46. The van der Waals surface area contributed by atoms with Gasteiger partial charge in [0.1, 0.15) is 5.82 Å². The van der Waals surface area contributed by atoms with Gasteiger partial charge in [-0.3, -0.25) is 0 Å². The van der Waals surface area contributed by atoms with Crippen molar-refractivity contribution < 1.29 is 0 Å². The van der Waals surface area contributed by atoms with E-state index in [2.05, 4.69) is 31.0 Å². The van der Waals surface area contributed by atoms with Crippen molar-refractivity contribution in [1.29, 1.82) is 0 Å².